The number of ether oxygens (including phenoxy) is 1. The molecular formula is C15H24N2O2S. The second kappa shape index (κ2) is 10.6. The van der Waals surface area contributed by atoms with E-state index < -0.39 is 0 Å². The second-order valence-electron chi connectivity index (χ2n) is 4.48. The highest BCUT2D eigenvalue weighted by Crippen LogP contribution is 2.22. The van der Waals surface area contributed by atoms with Gasteiger partial charge in [0, 0.05) is 0 Å². The van der Waals surface area contributed by atoms with Crippen LogP contribution in [-0.2, 0) is 4.79 Å². The molecule has 0 radical (unpaired) electrons. The van der Waals surface area contributed by atoms with Gasteiger partial charge in [-0.3, -0.25) is 4.79 Å². The van der Waals surface area contributed by atoms with Crippen molar-refractivity contribution in [3.05, 3.63) is 24.3 Å². The summed E-state index contributed by atoms with van der Waals surface area (Å²) in [5, 5.41) is 6.00. The van der Waals surface area contributed by atoms with Crippen LogP contribution >= 0.6 is 11.8 Å². The summed E-state index contributed by atoms with van der Waals surface area (Å²) in [6, 6.07) is 7.41. The van der Waals surface area contributed by atoms with Crippen LogP contribution in [-0.4, -0.2) is 38.1 Å². The van der Waals surface area contributed by atoms with Crippen LogP contribution in [0.2, 0.25) is 0 Å². The van der Waals surface area contributed by atoms with Gasteiger partial charge in [0.25, 0.3) is 0 Å². The van der Waals surface area contributed by atoms with Gasteiger partial charge in [0.15, 0.2) is 0 Å². The molecular weight excluding hydrogens is 272 g/mol. The van der Waals surface area contributed by atoms with Crippen LogP contribution in [0.15, 0.2) is 24.3 Å². The first-order chi connectivity index (χ1) is 9.77. The van der Waals surface area contributed by atoms with Crippen molar-refractivity contribution < 1.29 is 9.53 Å². The summed E-state index contributed by atoms with van der Waals surface area (Å²) in [4.78, 5) is 11.8. The Bertz CT molecular complexity index is 399. The number of nitrogens with one attached hydrogen (secondary N) is 2. The third-order valence-electron chi connectivity index (χ3n) is 2.87. The number of hydrogen-bond donors (Lipinski definition) is 2. The van der Waals surface area contributed by atoms with E-state index in [9.17, 15) is 4.79 Å². The largest absolute Gasteiger partial charge is 0.495 e. The lowest BCUT2D eigenvalue weighted by Crippen LogP contribution is -2.28. The van der Waals surface area contributed by atoms with E-state index in [1.165, 1.54) is 18.6 Å². The van der Waals surface area contributed by atoms with Crippen LogP contribution in [0.5, 0.6) is 5.75 Å². The van der Waals surface area contributed by atoms with Gasteiger partial charge in [-0.25, -0.2) is 0 Å². The zero-order valence-corrected chi connectivity index (χ0v) is 13.1. The Morgan fingerprint density at radius 2 is 2.05 bits per heavy atom. The Kier molecular flexibility index (Phi) is 8.91. The van der Waals surface area contributed by atoms with Crippen molar-refractivity contribution in [3.63, 3.8) is 0 Å². The lowest BCUT2D eigenvalue weighted by atomic mass is 10.2. The highest BCUT2D eigenvalue weighted by atomic mass is 32.2. The molecule has 0 saturated heterocycles. The lowest BCUT2D eigenvalue weighted by Gasteiger charge is -2.10. The number of carbonyl (C=O) groups excluding carboxylic acids is 1. The van der Waals surface area contributed by atoms with Crippen LogP contribution in [0.25, 0.3) is 0 Å². The molecule has 2 N–H and O–H groups in total. The summed E-state index contributed by atoms with van der Waals surface area (Å²) in [5.41, 5.74) is 0.710. The number of carbonyl (C=O) groups is 1. The number of methoxy groups -OCH3 is 1. The van der Waals surface area contributed by atoms with Crippen molar-refractivity contribution in [2.24, 2.45) is 0 Å². The highest BCUT2D eigenvalue weighted by Gasteiger charge is 2.05. The average molecular weight is 296 g/mol. The molecule has 0 aliphatic carbocycles. The summed E-state index contributed by atoms with van der Waals surface area (Å²) in [6.45, 7) is 1.22. The summed E-state index contributed by atoms with van der Waals surface area (Å²) in [5.74, 6) is 1.85. The number of thioether (sulfide) groups is 1. The maximum absolute atomic E-state index is 11.8. The molecule has 1 aromatic rings. The van der Waals surface area contributed by atoms with Crippen LogP contribution in [0.1, 0.15) is 19.3 Å². The molecule has 0 heterocycles. The van der Waals surface area contributed by atoms with E-state index >= 15 is 0 Å². The van der Waals surface area contributed by atoms with E-state index in [1.807, 2.05) is 36.0 Å². The van der Waals surface area contributed by atoms with Crippen LogP contribution < -0.4 is 15.4 Å². The average Bonchev–Trinajstić information content (AvgIpc) is 2.47. The summed E-state index contributed by atoms with van der Waals surface area (Å²) in [7, 11) is 1.60. The predicted molar refractivity (Wildman–Crippen MR) is 86.7 cm³/mol. The fourth-order valence-electron chi connectivity index (χ4n) is 1.82. The second-order valence-corrected chi connectivity index (χ2v) is 5.46. The Morgan fingerprint density at radius 3 is 2.80 bits per heavy atom. The molecule has 0 spiro atoms. The van der Waals surface area contributed by atoms with E-state index in [0.29, 0.717) is 18.0 Å². The third kappa shape index (κ3) is 6.82. The van der Waals surface area contributed by atoms with Crippen molar-refractivity contribution >= 4 is 23.4 Å². The first-order valence-electron chi connectivity index (χ1n) is 6.90. The molecule has 112 valence electrons. The number of unbranched alkanes of at least 4 members (excludes halogenated alkanes) is 2. The smallest absolute Gasteiger partial charge is 0.238 e. The van der Waals surface area contributed by atoms with E-state index in [0.717, 1.165) is 13.0 Å². The fraction of sp³-hybridized carbons (Fsp3) is 0.533. The van der Waals surface area contributed by atoms with E-state index in [-0.39, 0.29) is 5.91 Å². The standard InChI is InChI=1S/C15H24N2O2S/c1-19-14-9-5-4-8-13(14)17-15(18)12-16-10-6-3-7-11-20-2/h4-5,8-9,16H,3,6-7,10-12H2,1-2H3,(H,17,18). The molecule has 5 heteroatoms. The zero-order valence-electron chi connectivity index (χ0n) is 12.3. The minimum absolute atomic E-state index is 0.0430. The lowest BCUT2D eigenvalue weighted by molar-refractivity contribution is -0.115. The normalized spacial score (nSPS) is 10.3. The van der Waals surface area contributed by atoms with Gasteiger partial charge in [-0.1, -0.05) is 18.6 Å². The molecule has 0 fully saturated rings. The van der Waals surface area contributed by atoms with E-state index in [4.69, 9.17) is 4.74 Å². The van der Waals surface area contributed by atoms with Crippen molar-refractivity contribution in [2.45, 2.75) is 19.3 Å². The minimum Gasteiger partial charge on any atom is -0.495 e. The highest BCUT2D eigenvalue weighted by molar-refractivity contribution is 7.98. The maximum atomic E-state index is 11.8. The molecule has 20 heavy (non-hydrogen) atoms. The molecule has 4 nitrogen and oxygen atoms in total. The van der Waals surface area contributed by atoms with Crippen LogP contribution in [0.4, 0.5) is 5.69 Å². The monoisotopic (exact) mass is 296 g/mol. The van der Waals surface area contributed by atoms with Crippen molar-refractivity contribution in [1.82, 2.24) is 5.32 Å². The van der Waals surface area contributed by atoms with Crippen molar-refractivity contribution in [2.75, 3.05) is 37.5 Å². The van der Waals surface area contributed by atoms with Gasteiger partial charge < -0.3 is 15.4 Å². The maximum Gasteiger partial charge on any atom is 0.238 e. The van der Waals surface area contributed by atoms with Crippen LogP contribution in [0, 0.1) is 0 Å². The molecule has 1 aromatic carbocycles. The molecule has 1 amide bonds. The van der Waals surface area contributed by atoms with E-state index in [2.05, 4.69) is 16.9 Å². The van der Waals surface area contributed by atoms with Gasteiger partial charge in [0.05, 0.1) is 19.3 Å². The fourth-order valence-corrected chi connectivity index (χ4v) is 2.31. The SMILES string of the molecule is COc1ccccc1NC(=O)CNCCCCCSC. The molecule has 0 atom stereocenters. The zero-order chi connectivity index (χ0) is 14.6. The molecule has 0 aliphatic heterocycles. The van der Waals surface area contributed by atoms with Gasteiger partial charge in [-0.15, -0.1) is 0 Å². The Morgan fingerprint density at radius 1 is 1.25 bits per heavy atom. The number of amides is 1. The van der Waals surface area contributed by atoms with Crippen LogP contribution in [0.3, 0.4) is 0 Å². The number of rotatable bonds is 10. The number of benzene rings is 1. The molecule has 0 saturated carbocycles. The quantitative estimate of drug-likeness (QED) is 0.652. The molecule has 0 unspecified atom stereocenters. The summed E-state index contributed by atoms with van der Waals surface area (Å²) in [6.07, 6.45) is 5.70. The third-order valence-corrected chi connectivity index (χ3v) is 3.57. The van der Waals surface area contributed by atoms with Crippen molar-refractivity contribution in [1.29, 1.82) is 0 Å². The van der Waals surface area contributed by atoms with E-state index in [1.54, 1.807) is 7.11 Å². The summed E-state index contributed by atoms with van der Waals surface area (Å²) >= 11 is 1.88. The Hall–Kier alpha value is -1.20. The van der Waals surface area contributed by atoms with Gasteiger partial charge in [0.2, 0.25) is 5.91 Å². The number of anilines is 1. The Labute approximate surface area is 125 Å². The number of hydrogen-bond acceptors (Lipinski definition) is 4. The predicted octanol–water partition coefficient (Wildman–Crippen LogP) is 2.76. The van der Waals surface area contributed by atoms with Gasteiger partial charge >= 0.3 is 0 Å². The Balaban J connectivity index is 2.17. The molecule has 0 aromatic heterocycles. The van der Waals surface area contributed by atoms with Gasteiger partial charge in [-0.2, -0.15) is 11.8 Å². The molecule has 0 bridgehead atoms. The summed E-state index contributed by atoms with van der Waals surface area (Å²) < 4.78 is 5.19. The first kappa shape index (κ1) is 16.9. The van der Waals surface area contributed by atoms with Gasteiger partial charge in [-0.05, 0) is 43.5 Å². The first-order valence-corrected chi connectivity index (χ1v) is 8.30. The molecule has 1 rings (SSSR count). The molecule has 0 aliphatic rings. The minimum atomic E-state index is -0.0430. The van der Waals surface area contributed by atoms with Crippen molar-refractivity contribution in [3.8, 4) is 5.75 Å². The number of para-hydroxylation sites is 2. The topological polar surface area (TPSA) is 50.4 Å². The van der Waals surface area contributed by atoms with Gasteiger partial charge in [0.1, 0.15) is 5.75 Å².